The number of anilines is 1. The molecule has 0 saturated heterocycles. The van der Waals surface area contributed by atoms with Gasteiger partial charge in [-0.15, -0.1) is 0 Å². The summed E-state index contributed by atoms with van der Waals surface area (Å²) in [6.45, 7) is 1.02. The number of rotatable bonds is 3. The Morgan fingerprint density at radius 3 is 2.90 bits per heavy atom. The van der Waals surface area contributed by atoms with Crippen molar-refractivity contribution in [2.45, 2.75) is 37.9 Å². The van der Waals surface area contributed by atoms with Crippen LogP contribution in [0.4, 0.5) is 5.69 Å². The number of likely N-dealkylation sites (N-methyl/N-ethyl adjacent to an activating group) is 1. The fourth-order valence-electron chi connectivity index (χ4n) is 3.17. The Morgan fingerprint density at radius 2 is 2.10 bits per heavy atom. The maximum Gasteiger partial charge on any atom is 0.338 e. The summed E-state index contributed by atoms with van der Waals surface area (Å²) in [5.41, 5.74) is 3.09. The third-order valence-electron chi connectivity index (χ3n) is 4.40. The van der Waals surface area contributed by atoms with Crippen LogP contribution in [0.3, 0.4) is 0 Å². The fraction of sp³-hybridized carbons (Fsp3) is 0.562. The fourth-order valence-corrected chi connectivity index (χ4v) is 3.17. The molecule has 0 N–H and O–H groups in total. The molecule has 3 rings (SSSR count). The highest BCUT2D eigenvalue weighted by Crippen LogP contribution is 2.29. The molecule has 2 atom stereocenters. The number of hydrogen-bond donors (Lipinski definition) is 0. The molecule has 1 aromatic carbocycles. The van der Waals surface area contributed by atoms with Crippen molar-refractivity contribution in [1.82, 2.24) is 0 Å². The molecule has 1 fully saturated rings. The predicted molar refractivity (Wildman–Crippen MR) is 77.3 cm³/mol. The van der Waals surface area contributed by atoms with Gasteiger partial charge in [0.1, 0.15) is 6.10 Å². The molecule has 2 aliphatic rings. The topological polar surface area (TPSA) is 38.8 Å². The molecule has 0 unspecified atom stereocenters. The number of esters is 1. The highest BCUT2D eigenvalue weighted by Gasteiger charge is 2.31. The largest absolute Gasteiger partial charge is 0.456 e. The van der Waals surface area contributed by atoms with Gasteiger partial charge in [0, 0.05) is 26.4 Å². The summed E-state index contributed by atoms with van der Waals surface area (Å²) in [6.07, 6.45) is 3.93. The van der Waals surface area contributed by atoms with Gasteiger partial charge in [-0.25, -0.2) is 4.79 Å². The molecule has 0 bridgehead atoms. The monoisotopic (exact) mass is 275 g/mol. The van der Waals surface area contributed by atoms with E-state index in [4.69, 9.17) is 9.47 Å². The Morgan fingerprint density at radius 1 is 1.30 bits per heavy atom. The number of benzene rings is 1. The summed E-state index contributed by atoms with van der Waals surface area (Å²) in [5, 5.41) is 0. The first-order valence-electron chi connectivity index (χ1n) is 7.27. The van der Waals surface area contributed by atoms with Crippen LogP contribution >= 0.6 is 0 Å². The van der Waals surface area contributed by atoms with Gasteiger partial charge in [0.2, 0.25) is 0 Å². The third kappa shape index (κ3) is 2.40. The molecule has 108 valence electrons. The highest BCUT2D eigenvalue weighted by molar-refractivity contribution is 5.91. The summed E-state index contributed by atoms with van der Waals surface area (Å²) in [4.78, 5) is 14.5. The Bertz CT molecular complexity index is 514. The summed E-state index contributed by atoms with van der Waals surface area (Å²) in [6, 6.07) is 5.86. The van der Waals surface area contributed by atoms with Crippen molar-refractivity contribution in [1.29, 1.82) is 0 Å². The van der Waals surface area contributed by atoms with Crippen LogP contribution < -0.4 is 4.90 Å². The molecule has 0 aromatic heterocycles. The molecule has 1 aliphatic heterocycles. The number of ether oxygens (including phenoxy) is 2. The molecule has 0 amide bonds. The van der Waals surface area contributed by atoms with Crippen molar-refractivity contribution >= 4 is 11.7 Å². The van der Waals surface area contributed by atoms with Crippen LogP contribution in [0.25, 0.3) is 0 Å². The van der Waals surface area contributed by atoms with Crippen LogP contribution in [0.2, 0.25) is 0 Å². The van der Waals surface area contributed by atoms with E-state index in [9.17, 15) is 4.79 Å². The number of fused-ring (bicyclic) bond motifs is 1. The molecule has 4 heteroatoms. The van der Waals surface area contributed by atoms with Crippen molar-refractivity contribution in [3.63, 3.8) is 0 Å². The van der Waals surface area contributed by atoms with Gasteiger partial charge in [0.05, 0.1) is 11.7 Å². The lowest BCUT2D eigenvalue weighted by atomic mass is 10.1. The summed E-state index contributed by atoms with van der Waals surface area (Å²) in [5.74, 6) is -0.234. The molecular formula is C16H21NO3. The summed E-state index contributed by atoms with van der Waals surface area (Å²) < 4.78 is 11.0. The van der Waals surface area contributed by atoms with Gasteiger partial charge in [-0.05, 0) is 43.4 Å². The molecule has 1 heterocycles. The first-order valence-corrected chi connectivity index (χ1v) is 7.27. The van der Waals surface area contributed by atoms with E-state index in [2.05, 4.69) is 11.9 Å². The smallest absolute Gasteiger partial charge is 0.338 e. The molecule has 1 aliphatic carbocycles. The van der Waals surface area contributed by atoms with Crippen LogP contribution in [0, 0.1) is 0 Å². The average Bonchev–Trinajstić information content (AvgIpc) is 3.05. The van der Waals surface area contributed by atoms with Gasteiger partial charge in [0.15, 0.2) is 0 Å². The van der Waals surface area contributed by atoms with Crippen LogP contribution in [0.15, 0.2) is 18.2 Å². The number of carbonyl (C=O) groups excluding carboxylic acids is 1. The standard InChI is InChI=1S/C16H21NO3/c1-17-9-8-11-6-7-12(10-13(11)17)16(18)20-15-5-3-4-14(15)19-2/h6-7,10,14-15H,3-5,8-9H2,1-2H3/t14-,15+/m0/s1. The third-order valence-corrected chi connectivity index (χ3v) is 4.40. The van der Waals surface area contributed by atoms with E-state index >= 15 is 0 Å². The van der Waals surface area contributed by atoms with Crippen molar-refractivity contribution in [2.24, 2.45) is 0 Å². The van der Waals surface area contributed by atoms with Gasteiger partial charge in [-0.2, -0.15) is 0 Å². The first kappa shape index (κ1) is 13.4. The Balaban J connectivity index is 1.73. The number of methoxy groups -OCH3 is 1. The second-order valence-corrected chi connectivity index (χ2v) is 5.66. The molecule has 4 nitrogen and oxygen atoms in total. The lowest BCUT2D eigenvalue weighted by Gasteiger charge is -2.19. The van der Waals surface area contributed by atoms with E-state index in [1.54, 1.807) is 7.11 Å². The minimum atomic E-state index is -0.234. The molecule has 0 spiro atoms. The predicted octanol–water partition coefficient (Wildman–Crippen LogP) is 2.40. The second kappa shape index (κ2) is 5.44. The molecular weight excluding hydrogens is 254 g/mol. The quantitative estimate of drug-likeness (QED) is 0.794. The van der Waals surface area contributed by atoms with E-state index in [1.165, 1.54) is 5.56 Å². The van der Waals surface area contributed by atoms with Gasteiger partial charge in [0.25, 0.3) is 0 Å². The van der Waals surface area contributed by atoms with E-state index in [0.29, 0.717) is 5.56 Å². The molecule has 20 heavy (non-hydrogen) atoms. The number of hydrogen-bond acceptors (Lipinski definition) is 4. The molecule has 0 radical (unpaired) electrons. The first-order chi connectivity index (χ1) is 9.69. The van der Waals surface area contributed by atoms with Gasteiger partial charge < -0.3 is 14.4 Å². The van der Waals surface area contributed by atoms with Crippen molar-refractivity contribution < 1.29 is 14.3 Å². The van der Waals surface area contributed by atoms with Gasteiger partial charge >= 0.3 is 5.97 Å². The van der Waals surface area contributed by atoms with Crippen molar-refractivity contribution in [3.05, 3.63) is 29.3 Å². The van der Waals surface area contributed by atoms with E-state index in [1.807, 2.05) is 18.2 Å². The van der Waals surface area contributed by atoms with Gasteiger partial charge in [-0.3, -0.25) is 0 Å². The zero-order valence-electron chi connectivity index (χ0n) is 12.1. The number of nitrogens with zero attached hydrogens (tertiary/aromatic N) is 1. The summed E-state index contributed by atoms with van der Waals surface area (Å²) in [7, 11) is 3.74. The number of carbonyl (C=O) groups is 1. The van der Waals surface area contributed by atoms with Crippen LogP contribution in [-0.2, 0) is 15.9 Å². The van der Waals surface area contributed by atoms with Crippen molar-refractivity contribution in [3.8, 4) is 0 Å². The summed E-state index contributed by atoms with van der Waals surface area (Å²) >= 11 is 0. The average molecular weight is 275 g/mol. The zero-order valence-corrected chi connectivity index (χ0v) is 12.1. The van der Waals surface area contributed by atoms with Crippen LogP contribution in [-0.4, -0.2) is 38.9 Å². The maximum absolute atomic E-state index is 12.3. The van der Waals surface area contributed by atoms with Crippen LogP contribution in [0.1, 0.15) is 35.2 Å². The lowest BCUT2D eigenvalue weighted by molar-refractivity contribution is -0.0206. The maximum atomic E-state index is 12.3. The SMILES string of the molecule is CO[C@H]1CCC[C@H]1OC(=O)c1ccc2c(c1)N(C)CC2. The van der Waals surface area contributed by atoms with Crippen LogP contribution in [0.5, 0.6) is 0 Å². The normalized spacial score (nSPS) is 24.8. The van der Waals surface area contributed by atoms with E-state index in [-0.39, 0.29) is 18.2 Å². The van der Waals surface area contributed by atoms with Crippen molar-refractivity contribution in [2.75, 3.05) is 25.6 Å². The van der Waals surface area contributed by atoms with E-state index in [0.717, 1.165) is 37.9 Å². The minimum Gasteiger partial charge on any atom is -0.456 e. The van der Waals surface area contributed by atoms with Gasteiger partial charge in [-0.1, -0.05) is 6.07 Å². The zero-order chi connectivity index (χ0) is 14.1. The highest BCUT2D eigenvalue weighted by atomic mass is 16.6. The Hall–Kier alpha value is -1.55. The Kier molecular flexibility index (Phi) is 3.66. The second-order valence-electron chi connectivity index (χ2n) is 5.66. The Labute approximate surface area is 119 Å². The lowest BCUT2D eigenvalue weighted by Crippen LogP contribution is -2.27. The molecule has 1 aromatic rings. The van der Waals surface area contributed by atoms with E-state index < -0.39 is 0 Å². The minimum absolute atomic E-state index is 0.0519. The molecule has 1 saturated carbocycles.